The number of benzene rings is 1. The molecule has 1 amide bonds. The molecule has 1 aromatic heterocycles. The molecule has 1 aliphatic rings. The molecule has 2 aromatic rings. The predicted octanol–water partition coefficient (Wildman–Crippen LogP) is 0.967. The Balaban J connectivity index is 1.71. The third-order valence-electron chi connectivity index (χ3n) is 3.93. The third-order valence-corrected chi connectivity index (χ3v) is 3.93. The molecule has 1 atom stereocenters. The Bertz CT molecular complexity index is 825. The van der Waals surface area contributed by atoms with Crippen molar-refractivity contribution in [2.24, 2.45) is 0 Å². The summed E-state index contributed by atoms with van der Waals surface area (Å²) in [6.45, 7) is -0.0313. The average Bonchev–Trinajstić information content (AvgIpc) is 2.94. The molecule has 6 nitrogen and oxygen atoms in total. The number of amides is 1. The van der Waals surface area contributed by atoms with E-state index in [1.165, 1.54) is 12.1 Å². The van der Waals surface area contributed by atoms with E-state index in [0.29, 0.717) is 29.7 Å². The van der Waals surface area contributed by atoms with Crippen molar-refractivity contribution >= 4 is 11.7 Å². The van der Waals surface area contributed by atoms with Crippen molar-refractivity contribution in [3.63, 3.8) is 0 Å². The van der Waals surface area contributed by atoms with Crippen LogP contribution in [0, 0.1) is 0 Å². The lowest BCUT2D eigenvalue weighted by Crippen LogP contribution is -2.30. The largest absolute Gasteiger partial charge is 0.385 e. The van der Waals surface area contributed by atoms with Gasteiger partial charge in [-0.05, 0) is 24.1 Å². The van der Waals surface area contributed by atoms with Crippen LogP contribution in [0.3, 0.4) is 0 Å². The predicted molar refractivity (Wildman–Crippen MR) is 83.4 cm³/mol. The smallest absolute Gasteiger partial charge is 0.251 e. The first-order valence-electron chi connectivity index (χ1n) is 7.37. The highest BCUT2D eigenvalue weighted by Crippen LogP contribution is 2.25. The molecule has 1 aliphatic carbocycles. The summed E-state index contributed by atoms with van der Waals surface area (Å²) in [7, 11) is 0. The van der Waals surface area contributed by atoms with Crippen molar-refractivity contribution in [2.45, 2.75) is 18.9 Å². The van der Waals surface area contributed by atoms with Gasteiger partial charge < -0.3 is 15.4 Å². The minimum atomic E-state index is -1.01. The van der Waals surface area contributed by atoms with Crippen molar-refractivity contribution in [1.82, 2.24) is 10.3 Å². The van der Waals surface area contributed by atoms with Crippen LogP contribution in [0.2, 0.25) is 0 Å². The van der Waals surface area contributed by atoms with Gasteiger partial charge >= 0.3 is 0 Å². The monoisotopic (exact) mass is 312 g/mol. The summed E-state index contributed by atoms with van der Waals surface area (Å²) < 4.78 is 0. The molecule has 0 fully saturated rings. The van der Waals surface area contributed by atoms with Gasteiger partial charge in [0.2, 0.25) is 5.56 Å². The number of aromatic nitrogens is 1. The molecule has 0 bridgehead atoms. The second-order valence-corrected chi connectivity index (χ2v) is 5.45. The van der Waals surface area contributed by atoms with Gasteiger partial charge in [0.25, 0.3) is 5.91 Å². The number of Topliss-reactive ketones (excluding diaryl/α,β-unsaturated/α-hetero) is 1. The molecule has 0 radical (unpaired) electrons. The highest BCUT2D eigenvalue weighted by atomic mass is 16.3. The first kappa shape index (κ1) is 15.2. The number of aliphatic hydroxyl groups excluding tert-OH is 1. The standard InChI is InChI=1S/C17H16N2O4/c20-14-8-7-10-11(14)3-1-4-12(10)17(23)18-9-15(21)13-5-2-6-16(22)19-13/h1-6,15,21H,7-9H2,(H,18,23)(H,19,22). The first-order chi connectivity index (χ1) is 11.1. The van der Waals surface area contributed by atoms with E-state index >= 15 is 0 Å². The lowest BCUT2D eigenvalue weighted by Gasteiger charge is -2.13. The summed E-state index contributed by atoms with van der Waals surface area (Å²) >= 11 is 0. The molecular formula is C17H16N2O4. The molecule has 3 N–H and O–H groups in total. The topological polar surface area (TPSA) is 99.3 Å². The Morgan fingerprint density at radius 1 is 1.17 bits per heavy atom. The number of ketones is 1. The van der Waals surface area contributed by atoms with Gasteiger partial charge in [-0.25, -0.2) is 0 Å². The quantitative estimate of drug-likeness (QED) is 0.783. The van der Waals surface area contributed by atoms with Crippen LogP contribution in [-0.2, 0) is 6.42 Å². The van der Waals surface area contributed by atoms with Gasteiger partial charge in [-0.3, -0.25) is 14.4 Å². The summed E-state index contributed by atoms with van der Waals surface area (Å²) in [6, 6.07) is 9.54. The van der Waals surface area contributed by atoms with Gasteiger partial charge in [-0.1, -0.05) is 18.2 Å². The van der Waals surface area contributed by atoms with Gasteiger partial charge in [0, 0.05) is 35.9 Å². The number of hydrogen-bond donors (Lipinski definition) is 3. The zero-order valence-electron chi connectivity index (χ0n) is 12.3. The van der Waals surface area contributed by atoms with E-state index in [9.17, 15) is 19.5 Å². The van der Waals surface area contributed by atoms with E-state index in [2.05, 4.69) is 10.3 Å². The van der Waals surface area contributed by atoms with Crippen molar-refractivity contribution in [3.8, 4) is 0 Å². The summed E-state index contributed by atoms with van der Waals surface area (Å²) in [4.78, 5) is 37.8. The Labute approximate surface area is 132 Å². The maximum Gasteiger partial charge on any atom is 0.251 e. The van der Waals surface area contributed by atoms with E-state index < -0.39 is 6.10 Å². The molecule has 6 heteroatoms. The van der Waals surface area contributed by atoms with Crippen molar-refractivity contribution < 1.29 is 14.7 Å². The molecule has 3 rings (SSSR count). The highest BCUT2D eigenvalue weighted by Gasteiger charge is 2.24. The van der Waals surface area contributed by atoms with Gasteiger partial charge in [0.05, 0.1) is 0 Å². The second-order valence-electron chi connectivity index (χ2n) is 5.45. The lowest BCUT2D eigenvalue weighted by molar-refractivity contribution is 0.0913. The summed E-state index contributed by atoms with van der Waals surface area (Å²) in [5, 5.41) is 12.7. The van der Waals surface area contributed by atoms with Crippen molar-refractivity contribution in [3.05, 3.63) is 69.1 Å². The van der Waals surface area contributed by atoms with E-state index in [-0.39, 0.29) is 23.8 Å². The fourth-order valence-corrected chi connectivity index (χ4v) is 2.76. The molecule has 0 saturated heterocycles. The highest BCUT2D eigenvalue weighted by molar-refractivity contribution is 6.05. The van der Waals surface area contributed by atoms with Gasteiger partial charge in [0.15, 0.2) is 5.78 Å². The molecule has 118 valence electrons. The summed E-state index contributed by atoms with van der Waals surface area (Å²) in [5.41, 5.74) is 1.85. The van der Waals surface area contributed by atoms with Crippen molar-refractivity contribution in [1.29, 1.82) is 0 Å². The van der Waals surface area contributed by atoms with Crippen molar-refractivity contribution in [2.75, 3.05) is 6.54 Å². The van der Waals surface area contributed by atoms with Crippen LogP contribution in [0.15, 0.2) is 41.2 Å². The Hall–Kier alpha value is -2.73. The Morgan fingerprint density at radius 3 is 2.74 bits per heavy atom. The normalized spacial score (nSPS) is 14.4. The summed E-state index contributed by atoms with van der Waals surface area (Å²) in [5.74, 6) is -0.287. The molecule has 0 aliphatic heterocycles. The number of fused-ring (bicyclic) bond motifs is 1. The number of nitrogens with one attached hydrogen (secondary N) is 2. The maximum absolute atomic E-state index is 12.3. The fourth-order valence-electron chi connectivity index (χ4n) is 2.76. The molecule has 1 heterocycles. The second kappa shape index (κ2) is 6.18. The van der Waals surface area contributed by atoms with Crippen LogP contribution >= 0.6 is 0 Å². The minimum Gasteiger partial charge on any atom is -0.385 e. The number of H-pyrrole nitrogens is 1. The molecule has 1 unspecified atom stereocenters. The van der Waals surface area contributed by atoms with E-state index in [1.807, 2.05) is 0 Å². The SMILES string of the molecule is O=C1CCc2c1cccc2C(=O)NCC(O)c1cccc(=O)[nH]1. The van der Waals surface area contributed by atoms with Crippen LogP contribution < -0.4 is 10.9 Å². The molecule has 0 saturated carbocycles. The van der Waals surface area contributed by atoms with Crippen LogP contribution in [0.5, 0.6) is 0 Å². The maximum atomic E-state index is 12.3. The number of hydrogen-bond acceptors (Lipinski definition) is 4. The minimum absolute atomic E-state index is 0.0313. The summed E-state index contributed by atoms with van der Waals surface area (Å²) in [6.07, 6.45) is -0.0222. The number of pyridine rings is 1. The lowest BCUT2D eigenvalue weighted by atomic mass is 10.0. The molecule has 0 spiro atoms. The van der Waals surface area contributed by atoms with E-state index in [0.717, 1.165) is 5.56 Å². The molecule has 1 aromatic carbocycles. The van der Waals surface area contributed by atoms with E-state index in [4.69, 9.17) is 0 Å². The first-order valence-corrected chi connectivity index (χ1v) is 7.37. The number of carbonyl (C=O) groups excluding carboxylic acids is 2. The van der Waals surface area contributed by atoms with Gasteiger partial charge in [0.1, 0.15) is 6.10 Å². The Morgan fingerprint density at radius 2 is 1.96 bits per heavy atom. The average molecular weight is 312 g/mol. The number of aliphatic hydroxyl groups is 1. The van der Waals surface area contributed by atoms with Gasteiger partial charge in [-0.2, -0.15) is 0 Å². The van der Waals surface area contributed by atoms with Gasteiger partial charge in [-0.15, -0.1) is 0 Å². The fraction of sp³-hybridized carbons (Fsp3) is 0.235. The van der Waals surface area contributed by atoms with E-state index in [1.54, 1.807) is 24.3 Å². The molecular weight excluding hydrogens is 296 g/mol. The molecule has 23 heavy (non-hydrogen) atoms. The number of rotatable bonds is 4. The zero-order chi connectivity index (χ0) is 16.4. The van der Waals surface area contributed by atoms with Crippen LogP contribution in [0.1, 0.15) is 44.5 Å². The zero-order valence-corrected chi connectivity index (χ0v) is 12.3. The number of aromatic amines is 1. The van der Waals surface area contributed by atoms with Crippen LogP contribution in [0.4, 0.5) is 0 Å². The third kappa shape index (κ3) is 3.07. The van der Waals surface area contributed by atoms with Crippen LogP contribution in [0.25, 0.3) is 0 Å². The Kier molecular flexibility index (Phi) is 4.08. The number of carbonyl (C=O) groups is 2. The van der Waals surface area contributed by atoms with Crippen LogP contribution in [-0.4, -0.2) is 28.3 Å².